The Bertz CT molecular complexity index is 1570. The van der Waals surface area contributed by atoms with Crippen LogP contribution < -0.4 is 31.2 Å². The lowest BCUT2D eigenvalue weighted by Crippen LogP contribution is -2.47. The fraction of sp³-hybridized carbons (Fsp3) is 0.324. The zero-order valence-corrected chi connectivity index (χ0v) is 27.5. The molecule has 48 heavy (non-hydrogen) atoms. The van der Waals surface area contributed by atoms with Crippen LogP contribution in [0.2, 0.25) is 0 Å². The lowest BCUT2D eigenvalue weighted by atomic mass is 10.0. The van der Waals surface area contributed by atoms with Crippen molar-refractivity contribution in [2.45, 2.75) is 58.4 Å². The van der Waals surface area contributed by atoms with Gasteiger partial charge in [-0.15, -0.1) is 0 Å². The first-order valence-corrected chi connectivity index (χ1v) is 15.0. The Balaban J connectivity index is 1.89. The lowest BCUT2D eigenvalue weighted by molar-refractivity contribution is -0.258. The molecule has 0 spiro atoms. The van der Waals surface area contributed by atoms with E-state index in [1.165, 1.54) is 7.11 Å². The molecule has 0 bridgehead atoms. The molecule has 0 aliphatic carbocycles. The van der Waals surface area contributed by atoms with Gasteiger partial charge in [-0.2, -0.15) is 0 Å². The van der Waals surface area contributed by atoms with Crippen LogP contribution in [0, 0.1) is 5.41 Å². The summed E-state index contributed by atoms with van der Waals surface area (Å²) in [5, 5.41) is 15.9. The van der Waals surface area contributed by atoms with Crippen molar-refractivity contribution in [3.8, 4) is 11.5 Å². The molecule has 0 fully saturated rings. The molecular formula is C34H41N5O9. The third kappa shape index (κ3) is 11.9. The molecule has 6 N–H and O–H groups in total. The van der Waals surface area contributed by atoms with Crippen molar-refractivity contribution in [3.63, 3.8) is 0 Å². The summed E-state index contributed by atoms with van der Waals surface area (Å²) in [7, 11) is 1.47. The smallest absolute Gasteiger partial charge is 0.407 e. The molecule has 3 rings (SSSR count). The Morgan fingerprint density at radius 3 is 2.21 bits per heavy atom. The maximum atomic E-state index is 13.9. The fourth-order valence-corrected chi connectivity index (χ4v) is 4.23. The Morgan fingerprint density at radius 1 is 0.917 bits per heavy atom. The van der Waals surface area contributed by atoms with Gasteiger partial charge in [-0.3, -0.25) is 10.2 Å². The first-order valence-electron chi connectivity index (χ1n) is 15.0. The van der Waals surface area contributed by atoms with E-state index in [2.05, 4.69) is 25.7 Å². The number of carbonyl (C=O) groups is 4. The molecule has 0 heterocycles. The maximum Gasteiger partial charge on any atom is 0.407 e. The molecule has 0 saturated carbocycles. The highest BCUT2D eigenvalue weighted by molar-refractivity contribution is 5.95. The van der Waals surface area contributed by atoms with Gasteiger partial charge in [-0.1, -0.05) is 36.4 Å². The van der Waals surface area contributed by atoms with E-state index in [9.17, 15) is 19.2 Å². The second kappa shape index (κ2) is 17.2. The highest BCUT2D eigenvalue weighted by Crippen LogP contribution is 2.32. The molecule has 3 aromatic carbocycles. The van der Waals surface area contributed by atoms with Crippen LogP contribution in [-0.2, 0) is 35.5 Å². The lowest BCUT2D eigenvalue weighted by Gasteiger charge is -2.24. The van der Waals surface area contributed by atoms with E-state index in [0.29, 0.717) is 28.3 Å². The first-order chi connectivity index (χ1) is 22.8. The average Bonchev–Trinajstić information content (AvgIpc) is 3.04. The second-order valence-electron chi connectivity index (χ2n) is 11.5. The van der Waals surface area contributed by atoms with Gasteiger partial charge in [0.2, 0.25) is 5.91 Å². The summed E-state index contributed by atoms with van der Waals surface area (Å²) >= 11 is 0. The van der Waals surface area contributed by atoms with E-state index in [1.807, 2.05) is 30.3 Å². The summed E-state index contributed by atoms with van der Waals surface area (Å²) in [6.07, 6.45) is -0.864. The van der Waals surface area contributed by atoms with Gasteiger partial charge >= 0.3 is 18.0 Å². The molecule has 0 aromatic heterocycles. The molecule has 0 aliphatic rings. The number of amides is 2. The average molecular weight is 664 g/mol. The van der Waals surface area contributed by atoms with E-state index in [0.717, 1.165) is 12.5 Å². The molecule has 14 heteroatoms. The molecule has 0 aliphatic heterocycles. The number of alkyl carbamates (subject to hydrolysis) is 1. The highest BCUT2D eigenvalue weighted by atomic mass is 17.2. The minimum absolute atomic E-state index is 0.0963. The highest BCUT2D eigenvalue weighted by Gasteiger charge is 2.30. The van der Waals surface area contributed by atoms with Crippen molar-refractivity contribution in [2.75, 3.05) is 19.0 Å². The van der Waals surface area contributed by atoms with Gasteiger partial charge in [0.15, 0.2) is 11.5 Å². The van der Waals surface area contributed by atoms with E-state index in [4.69, 9.17) is 25.4 Å². The predicted molar refractivity (Wildman–Crippen MR) is 176 cm³/mol. The van der Waals surface area contributed by atoms with Crippen molar-refractivity contribution in [2.24, 2.45) is 5.73 Å². The van der Waals surface area contributed by atoms with Gasteiger partial charge in [0.25, 0.3) is 0 Å². The molecule has 3 aromatic rings. The second-order valence-corrected chi connectivity index (χ2v) is 11.5. The Hall–Kier alpha value is -5.79. The topological polar surface area (TPSA) is 200 Å². The van der Waals surface area contributed by atoms with Crippen molar-refractivity contribution in [3.05, 3.63) is 89.5 Å². The SMILES string of the molecule is COc1cc([C@H](Nc2ccc(C(=N)N)cc2)C(=O)N[C@@H](CCNC(=O)OC(C)(C)C)C(=O)OOC(C)=O)ccc1OCc1ccccc1. The molecule has 0 unspecified atom stereocenters. The van der Waals surface area contributed by atoms with Crippen molar-refractivity contribution in [1.29, 1.82) is 5.41 Å². The molecule has 256 valence electrons. The quantitative estimate of drug-likeness (QED) is 0.0719. The van der Waals surface area contributed by atoms with E-state index in [1.54, 1.807) is 63.2 Å². The van der Waals surface area contributed by atoms with Crippen molar-refractivity contribution >= 4 is 35.5 Å². The van der Waals surface area contributed by atoms with E-state index < -0.39 is 41.6 Å². The number of hydrogen-bond donors (Lipinski definition) is 5. The minimum Gasteiger partial charge on any atom is -0.493 e. The summed E-state index contributed by atoms with van der Waals surface area (Å²) in [4.78, 5) is 59.3. The van der Waals surface area contributed by atoms with Crippen LogP contribution in [0.4, 0.5) is 10.5 Å². The normalized spacial score (nSPS) is 12.0. The number of hydrogen-bond acceptors (Lipinski definition) is 11. The first kappa shape index (κ1) is 36.7. The minimum atomic E-state index is -1.36. The van der Waals surface area contributed by atoms with Gasteiger partial charge < -0.3 is 35.9 Å². The zero-order chi connectivity index (χ0) is 35.3. The van der Waals surface area contributed by atoms with Crippen molar-refractivity contribution in [1.82, 2.24) is 10.6 Å². The van der Waals surface area contributed by atoms with Crippen molar-refractivity contribution < 1.29 is 43.2 Å². The van der Waals surface area contributed by atoms with E-state index in [-0.39, 0.29) is 25.4 Å². The number of carbonyl (C=O) groups excluding carboxylic acids is 4. The molecule has 0 saturated heterocycles. The fourth-order valence-electron chi connectivity index (χ4n) is 4.23. The summed E-state index contributed by atoms with van der Waals surface area (Å²) in [6, 6.07) is 18.5. The van der Waals surface area contributed by atoms with Crippen LogP contribution in [-0.4, -0.2) is 55.1 Å². The number of benzene rings is 3. The number of rotatable bonds is 14. The number of nitrogen functional groups attached to an aromatic ring is 1. The van der Waals surface area contributed by atoms with Crippen LogP contribution in [0.15, 0.2) is 72.8 Å². The third-order valence-corrected chi connectivity index (χ3v) is 6.47. The maximum absolute atomic E-state index is 13.9. The largest absolute Gasteiger partial charge is 0.493 e. The number of methoxy groups -OCH3 is 1. The van der Waals surface area contributed by atoms with Crippen LogP contribution in [0.3, 0.4) is 0 Å². The van der Waals surface area contributed by atoms with Crippen LogP contribution in [0.25, 0.3) is 0 Å². The van der Waals surface area contributed by atoms with E-state index >= 15 is 0 Å². The predicted octanol–water partition coefficient (Wildman–Crippen LogP) is 4.13. The van der Waals surface area contributed by atoms with Gasteiger partial charge in [-0.05, 0) is 74.7 Å². The number of nitrogens with two attached hydrogens (primary N) is 1. The zero-order valence-electron chi connectivity index (χ0n) is 27.5. The number of ether oxygens (including phenoxy) is 3. The monoisotopic (exact) mass is 663 g/mol. The van der Waals surface area contributed by atoms with Gasteiger partial charge in [0, 0.05) is 24.7 Å². The molecule has 2 atom stereocenters. The Labute approximate surface area is 278 Å². The number of anilines is 1. The number of amidine groups is 1. The molecule has 0 radical (unpaired) electrons. The van der Waals surface area contributed by atoms with Gasteiger partial charge in [-0.25, -0.2) is 24.2 Å². The molecular weight excluding hydrogens is 622 g/mol. The Morgan fingerprint density at radius 2 is 1.60 bits per heavy atom. The number of nitrogens with one attached hydrogen (secondary N) is 4. The summed E-state index contributed by atoms with van der Waals surface area (Å²) in [5.41, 5.74) is 7.20. The molecule has 2 amide bonds. The van der Waals surface area contributed by atoms with Crippen LogP contribution in [0.5, 0.6) is 11.5 Å². The summed E-state index contributed by atoms with van der Waals surface area (Å²) in [5.74, 6) is -1.96. The van der Waals surface area contributed by atoms with Gasteiger partial charge in [0.05, 0.1) is 7.11 Å². The van der Waals surface area contributed by atoms with Gasteiger partial charge in [0.1, 0.15) is 30.1 Å². The van der Waals surface area contributed by atoms with Crippen LogP contribution in [0.1, 0.15) is 56.8 Å². The standard InChI is InChI=1S/C34H41N5O9/c1-21(40)47-48-32(42)26(17-18-37-33(43)46-34(2,3)4)39-31(41)29(38-25-14-11-23(12-15-25)30(35)36)24-13-16-27(28(19-24)44-5)45-20-22-9-7-6-8-10-22/h6-16,19,26,29,38H,17-18,20H2,1-5H3,(H3,35,36)(H,37,43)(H,39,41)/t26-,29-/m0/s1. The summed E-state index contributed by atoms with van der Waals surface area (Å²) in [6.45, 7) is 6.33. The molecule has 14 nitrogen and oxygen atoms in total. The van der Waals surface area contributed by atoms with Crippen LogP contribution >= 0.6 is 0 Å². The summed E-state index contributed by atoms with van der Waals surface area (Å²) < 4.78 is 16.8. The Kier molecular flexibility index (Phi) is 13.2. The third-order valence-electron chi connectivity index (χ3n) is 6.47.